The number of hydrogen-bond donors (Lipinski definition) is 1. The molecule has 0 spiro atoms. The molecule has 4 heterocycles. The van der Waals surface area contributed by atoms with Gasteiger partial charge in [-0.05, 0) is 57.6 Å². The van der Waals surface area contributed by atoms with E-state index in [4.69, 9.17) is 4.98 Å². The van der Waals surface area contributed by atoms with Gasteiger partial charge in [0.15, 0.2) is 17.3 Å². The van der Waals surface area contributed by atoms with E-state index in [1.165, 1.54) is 0 Å². The van der Waals surface area contributed by atoms with Gasteiger partial charge in [-0.1, -0.05) is 0 Å². The first-order chi connectivity index (χ1) is 17.9. The van der Waals surface area contributed by atoms with Gasteiger partial charge in [0.05, 0.1) is 51.1 Å². The van der Waals surface area contributed by atoms with Gasteiger partial charge >= 0.3 is 0 Å². The molecule has 4 aromatic heterocycles. The molecule has 2 saturated carbocycles. The number of nitrogens with one attached hydrogen (secondary N) is 1. The second kappa shape index (κ2) is 9.37. The zero-order valence-electron chi connectivity index (χ0n) is 21.0. The van der Waals surface area contributed by atoms with Crippen molar-refractivity contribution in [3.05, 3.63) is 58.3 Å². The first kappa shape index (κ1) is 23.8. The Balaban J connectivity index is 1.41. The Morgan fingerprint density at radius 3 is 2.57 bits per heavy atom. The Morgan fingerprint density at radius 1 is 1.08 bits per heavy atom. The van der Waals surface area contributed by atoms with Gasteiger partial charge in [0.25, 0.3) is 5.56 Å². The first-order valence-corrected chi connectivity index (χ1v) is 14.1. The van der Waals surface area contributed by atoms with Crippen LogP contribution in [0, 0.1) is 12.8 Å². The third kappa shape index (κ3) is 4.63. The van der Waals surface area contributed by atoms with Crippen LogP contribution in [-0.2, 0) is 17.3 Å². The average Bonchev–Trinajstić information content (AvgIpc) is 3.81. The predicted octanol–water partition coefficient (Wildman–Crippen LogP) is 3.54. The van der Waals surface area contributed by atoms with E-state index in [0.29, 0.717) is 40.3 Å². The third-order valence-electron chi connectivity index (χ3n) is 7.16. The molecule has 11 heteroatoms. The number of nitrogens with zero attached hydrogens (tertiary/aromatic N) is 7. The fourth-order valence-electron chi connectivity index (χ4n) is 4.70. The summed E-state index contributed by atoms with van der Waals surface area (Å²) in [6, 6.07) is 3.56. The molecule has 0 aliphatic heterocycles. The zero-order valence-corrected chi connectivity index (χ0v) is 21.8. The summed E-state index contributed by atoms with van der Waals surface area (Å²) in [4.78, 5) is 41.8. The largest absolute Gasteiger partial charge is 0.360 e. The smallest absolute Gasteiger partial charge is 0.295 e. The predicted molar refractivity (Wildman–Crippen MR) is 141 cm³/mol. The molecular formula is C26H28N8O2S. The van der Waals surface area contributed by atoms with E-state index < -0.39 is 10.8 Å². The molecule has 2 unspecified atom stereocenters. The summed E-state index contributed by atoms with van der Waals surface area (Å²) < 4.78 is 13.4. The van der Waals surface area contributed by atoms with Crippen molar-refractivity contribution in [2.45, 2.75) is 62.9 Å². The molecule has 2 aliphatic rings. The molecule has 2 fully saturated rings. The molecular weight excluding hydrogens is 488 g/mol. The van der Waals surface area contributed by atoms with Crippen LogP contribution in [0.1, 0.15) is 61.6 Å². The van der Waals surface area contributed by atoms with Crippen molar-refractivity contribution in [2.75, 3.05) is 11.6 Å². The van der Waals surface area contributed by atoms with Crippen molar-refractivity contribution in [3.63, 3.8) is 0 Å². The molecule has 0 radical (unpaired) electrons. The van der Waals surface area contributed by atoms with Gasteiger partial charge in [-0.25, -0.2) is 24.9 Å². The maximum absolute atomic E-state index is 13.7. The number of aromatic nitrogens is 7. The summed E-state index contributed by atoms with van der Waals surface area (Å²) in [7, 11) is -1.09. The van der Waals surface area contributed by atoms with Crippen LogP contribution in [-0.4, -0.2) is 44.9 Å². The number of hydrogen-bond acceptors (Lipinski definition) is 9. The number of fused-ring (bicyclic) bond motifs is 1. The second-order valence-corrected chi connectivity index (χ2v) is 11.3. The van der Waals surface area contributed by atoms with E-state index in [1.807, 2.05) is 6.92 Å². The van der Waals surface area contributed by atoms with Crippen LogP contribution in [0.5, 0.6) is 0 Å². The quantitative estimate of drug-likeness (QED) is 0.374. The molecule has 0 amide bonds. The summed E-state index contributed by atoms with van der Waals surface area (Å²) in [6.07, 6.45) is 10.9. The van der Waals surface area contributed by atoms with Crippen LogP contribution < -0.4 is 10.9 Å². The van der Waals surface area contributed by atoms with E-state index in [9.17, 15) is 9.00 Å². The highest BCUT2D eigenvalue weighted by molar-refractivity contribution is 7.84. The lowest BCUT2D eigenvalue weighted by Gasteiger charge is -2.19. The highest BCUT2D eigenvalue weighted by Gasteiger charge is 2.33. The van der Waals surface area contributed by atoms with Crippen LogP contribution in [0.15, 0.2) is 40.5 Å². The molecule has 0 bridgehead atoms. The zero-order chi connectivity index (χ0) is 25.7. The standard InChI is InChI=1S/C26H28N8O2S/c1-14-21(22(17-6-7-17)31-13-30-14)23-29-12-20-25(33-23)34(15(2)16-4-5-16)26(35)24(32-20)28-10-18-8-9-19(11-27-18)37(3)36/h8-9,11-13,15-17H,4-7,10H2,1-3H3,(H,28,32). The molecule has 2 atom stereocenters. The Hall–Kier alpha value is -3.60. The summed E-state index contributed by atoms with van der Waals surface area (Å²) >= 11 is 0. The van der Waals surface area contributed by atoms with Gasteiger partial charge < -0.3 is 5.32 Å². The highest BCUT2D eigenvalue weighted by Crippen LogP contribution is 2.43. The third-order valence-corrected chi connectivity index (χ3v) is 8.07. The lowest BCUT2D eigenvalue weighted by Crippen LogP contribution is -2.29. The second-order valence-electron chi connectivity index (χ2n) is 9.90. The molecule has 4 aromatic rings. The molecule has 2 aliphatic carbocycles. The van der Waals surface area contributed by atoms with Crippen molar-refractivity contribution in [3.8, 4) is 11.4 Å². The van der Waals surface area contributed by atoms with Crippen LogP contribution >= 0.6 is 0 Å². The fraction of sp³-hybridized carbons (Fsp3) is 0.423. The molecule has 10 nitrogen and oxygen atoms in total. The summed E-state index contributed by atoms with van der Waals surface area (Å²) in [5, 5.41) is 3.15. The summed E-state index contributed by atoms with van der Waals surface area (Å²) in [5.41, 5.74) is 4.24. The Morgan fingerprint density at radius 2 is 1.89 bits per heavy atom. The van der Waals surface area contributed by atoms with Crippen molar-refractivity contribution in [1.82, 2.24) is 34.5 Å². The van der Waals surface area contributed by atoms with Gasteiger partial charge in [-0.15, -0.1) is 0 Å². The Kier molecular flexibility index (Phi) is 6.02. The van der Waals surface area contributed by atoms with Crippen LogP contribution in [0.2, 0.25) is 0 Å². The first-order valence-electron chi connectivity index (χ1n) is 12.5. The maximum atomic E-state index is 13.7. The molecule has 37 heavy (non-hydrogen) atoms. The van der Waals surface area contributed by atoms with Gasteiger partial charge in [0.1, 0.15) is 11.8 Å². The molecule has 0 aromatic carbocycles. The van der Waals surface area contributed by atoms with Gasteiger partial charge in [-0.2, -0.15) is 0 Å². The SMILES string of the molecule is Cc1ncnc(C2CC2)c1-c1ncc2nc(NCc3ccc(S(C)=O)cn3)c(=O)n(C(C)C3CC3)c2n1. The van der Waals surface area contributed by atoms with Crippen LogP contribution in [0.4, 0.5) is 5.82 Å². The number of aryl methyl sites for hydroxylation is 1. The highest BCUT2D eigenvalue weighted by atomic mass is 32.2. The van der Waals surface area contributed by atoms with Gasteiger partial charge in [0, 0.05) is 24.4 Å². The van der Waals surface area contributed by atoms with Crippen LogP contribution in [0.25, 0.3) is 22.6 Å². The van der Waals surface area contributed by atoms with E-state index in [0.717, 1.165) is 48.3 Å². The molecule has 0 saturated heterocycles. The van der Waals surface area contributed by atoms with E-state index in [-0.39, 0.29) is 17.4 Å². The monoisotopic (exact) mass is 516 g/mol. The minimum atomic E-state index is -1.09. The van der Waals surface area contributed by atoms with Gasteiger partial charge in [0.2, 0.25) is 0 Å². The van der Waals surface area contributed by atoms with E-state index in [2.05, 4.69) is 37.2 Å². The number of pyridine rings is 1. The lowest BCUT2D eigenvalue weighted by atomic mass is 10.1. The topological polar surface area (TPSA) is 128 Å². The normalized spacial score (nSPS) is 17.1. The number of rotatable bonds is 8. The molecule has 6 rings (SSSR count). The van der Waals surface area contributed by atoms with Crippen molar-refractivity contribution >= 4 is 27.8 Å². The van der Waals surface area contributed by atoms with Crippen LogP contribution in [0.3, 0.4) is 0 Å². The van der Waals surface area contributed by atoms with Crippen molar-refractivity contribution in [2.24, 2.45) is 5.92 Å². The maximum Gasteiger partial charge on any atom is 0.295 e. The minimum absolute atomic E-state index is 0.0192. The fourth-order valence-corrected chi connectivity index (χ4v) is 5.16. The minimum Gasteiger partial charge on any atom is -0.360 e. The Bertz CT molecular complexity index is 1580. The van der Waals surface area contributed by atoms with Gasteiger partial charge in [-0.3, -0.25) is 18.6 Å². The summed E-state index contributed by atoms with van der Waals surface area (Å²) in [5.74, 6) is 1.61. The number of anilines is 1. The Labute approximate surface area is 216 Å². The van der Waals surface area contributed by atoms with E-state index in [1.54, 1.807) is 41.7 Å². The van der Waals surface area contributed by atoms with E-state index >= 15 is 0 Å². The average molecular weight is 517 g/mol. The lowest BCUT2D eigenvalue weighted by molar-refractivity contribution is 0.482. The van der Waals surface area contributed by atoms with Crippen molar-refractivity contribution in [1.29, 1.82) is 0 Å². The van der Waals surface area contributed by atoms with Crippen molar-refractivity contribution < 1.29 is 4.21 Å². The molecule has 190 valence electrons. The molecule has 1 N–H and O–H groups in total. The summed E-state index contributed by atoms with van der Waals surface area (Å²) in [6.45, 7) is 4.33.